The van der Waals surface area contributed by atoms with Crippen LogP contribution in [0.4, 0.5) is 0 Å². The molecule has 0 rings (SSSR count). The van der Waals surface area contributed by atoms with Crippen molar-refractivity contribution < 1.29 is 29.3 Å². The lowest BCUT2D eigenvalue weighted by Crippen LogP contribution is -2.13. The highest BCUT2D eigenvalue weighted by molar-refractivity contribution is 5.70. The average molecular weight is 645 g/mol. The van der Waals surface area contributed by atoms with Gasteiger partial charge in [0.05, 0.1) is 13.2 Å². The zero-order valence-corrected chi connectivity index (χ0v) is 29.4. The van der Waals surface area contributed by atoms with Crippen LogP contribution in [-0.2, 0) is 19.1 Å². The molecule has 0 unspecified atom stereocenters. The third-order valence-corrected chi connectivity index (χ3v) is 6.77. The van der Waals surface area contributed by atoms with Crippen LogP contribution < -0.4 is 0 Å². The second kappa shape index (κ2) is 42.3. The Balaban J connectivity index is 0. The smallest absolute Gasteiger partial charge is 0.305 e. The van der Waals surface area contributed by atoms with Gasteiger partial charge in [-0.05, 0) is 77.0 Å². The highest BCUT2D eigenvalue weighted by Crippen LogP contribution is 2.10. The maximum Gasteiger partial charge on any atom is 0.305 e. The summed E-state index contributed by atoms with van der Waals surface area (Å²) < 4.78 is 10.4. The van der Waals surface area contributed by atoms with Gasteiger partial charge in [0.25, 0.3) is 0 Å². The summed E-state index contributed by atoms with van der Waals surface area (Å²) in [6.45, 7) is 4.36. The first-order valence-electron chi connectivity index (χ1n) is 18.0. The van der Waals surface area contributed by atoms with Crippen LogP contribution in [0.3, 0.4) is 0 Å². The van der Waals surface area contributed by atoms with Gasteiger partial charge in [0, 0.05) is 12.8 Å². The lowest BCUT2D eigenvalue weighted by molar-refractivity contribution is -0.152. The number of rotatable bonds is 30. The van der Waals surface area contributed by atoms with Crippen LogP contribution in [0.5, 0.6) is 0 Å². The Labute approximate surface area is 282 Å². The summed E-state index contributed by atoms with van der Waals surface area (Å²) in [6, 6.07) is 0. The van der Waals surface area contributed by atoms with Gasteiger partial charge in [0.1, 0.15) is 13.2 Å². The molecule has 0 fully saturated rings. The molecule has 0 aromatic rings. The molecule has 0 aromatic heterocycles. The second-order valence-electron chi connectivity index (χ2n) is 11.1. The number of aliphatic hydroxyl groups excluding tert-OH is 2. The minimum Gasteiger partial charge on any atom is -0.462 e. The summed E-state index contributed by atoms with van der Waals surface area (Å²) in [5.74, 6) is -0.392. The fourth-order valence-corrected chi connectivity index (χ4v) is 4.23. The fraction of sp³-hybridized carbons (Fsp3) is 0.650. The van der Waals surface area contributed by atoms with E-state index in [9.17, 15) is 9.59 Å². The van der Waals surface area contributed by atoms with E-state index >= 15 is 0 Å². The van der Waals surface area contributed by atoms with E-state index in [1.54, 1.807) is 0 Å². The number of aliphatic hydroxyl groups is 2. The normalized spacial score (nSPS) is 11.9. The van der Waals surface area contributed by atoms with Crippen molar-refractivity contribution in [3.05, 3.63) is 72.9 Å². The van der Waals surface area contributed by atoms with Gasteiger partial charge in [-0.25, -0.2) is 0 Å². The topological polar surface area (TPSA) is 93.1 Å². The van der Waals surface area contributed by atoms with Gasteiger partial charge in [0.15, 0.2) is 0 Å². The van der Waals surface area contributed by atoms with Crippen LogP contribution in [0.15, 0.2) is 72.9 Å². The van der Waals surface area contributed by atoms with Crippen molar-refractivity contribution in [2.75, 3.05) is 26.4 Å². The van der Waals surface area contributed by atoms with Crippen LogP contribution in [-0.4, -0.2) is 48.6 Å². The first-order chi connectivity index (χ1) is 22.6. The summed E-state index contributed by atoms with van der Waals surface area (Å²) in [4.78, 5) is 23.7. The standard InChI is InChI=1S/C38H62O4.C2H6O2/c1-3-5-7-9-11-13-15-17-19-21-23-25-27-29-31-33-37(39)41-35-36-42-38(40)34-32-30-28-26-24-22-20-18-16-14-12-10-8-6-4-2;3-1-2-4/h5-8,11-14,17-20H,3-4,9-10,15-16,21-36H2,1-2H3;3-4H,1-2H2/b7-5-,8-6-,13-11-,14-12-,19-17-,20-18-;. The van der Waals surface area contributed by atoms with Gasteiger partial charge in [-0.1, -0.05) is 125 Å². The molecular formula is C40H68O6. The number of esters is 2. The Kier molecular flexibility index (Phi) is 41.8. The Bertz CT molecular complexity index is 754. The molecule has 6 nitrogen and oxygen atoms in total. The average Bonchev–Trinajstić information content (AvgIpc) is 3.06. The summed E-state index contributed by atoms with van der Waals surface area (Å²) in [5, 5.41) is 15.2. The van der Waals surface area contributed by atoms with Gasteiger partial charge in [0.2, 0.25) is 0 Å². The van der Waals surface area contributed by atoms with Gasteiger partial charge < -0.3 is 19.7 Å². The number of hydrogen-bond donors (Lipinski definition) is 2. The second-order valence-corrected chi connectivity index (χ2v) is 11.1. The van der Waals surface area contributed by atoms with Crippen LogP contribution in [0.2, 0.25) is 0 Å². The zero-order valence-electron chi connectivity index (χ0n) is 29.4. The molecule has 0 heterocycles. The van der Waals surface area contributed by atoms with Crippen molar-refractivity contribution in [3.63, 3.8) is 0 Å². The molecule has 46 heavy (non-hydrogen) atoms. The van der Waals surface area contributed by atoms with E-state index in [1.165, 1.54) is 25.7 Å². The molecule has 0 radical (unpaired) electrons. The summed E-state index contributed by atoms with van der Waals surface area (Å²) in [5.41, 5.74) is 0. The molecule has 0 atom stereocenters. The van der Waals surface area contributed by atoms with Crippen molar-refractivity contribution in [2.45, 2.75) is 142 Å². The van der Waals surface area contributed by atoms with Crippen molar-refractivity contribution in [1.82, 2.24) is 0 Å². The molecule has 2 N–H and O–H groups in total. The predicted octanol–water partition coefficient (Wildman–Crippen LogP) is 10.2. The first-order valence-corrected chi connectivity index (χ1v) is 18.0. The Morgan fingerprint density at radius 3 is 1.09 bits per heavy atom. The number of ether oxygens (including phenoxy) is 2. The largest absolute Gasteiger partial charge is 0.462 e. The molecule has 0 aliphatic rings. The molecule has 0 spiro atoms. The van der Waals surface area contributed by atoms with E-state index in [0.717, 1.165) is 89.9 Å². The third-order valence-electron chi connectivity index (χ3n) is 6.77. The van der Waals surface area contributed by atoms with E-state index in [1.807, 2.05) is 0 Å². The molecule has 0 saturated carbocycles. The molecular weight excluding hydrogens is 576 g/mol. The van der Waals surface area contributed by atoms with Crippen molar-refractivity contribution >= 4 is 11.9 Å². The lowest BCUT2D eigenvalue weighted by atomic mass is 10.1. The van der Waals surface area contributed by atoms with Crippen LogP contribution in [0, 0.1) is 0 Å². The molecule has 0 bridgehead atoms. The molecule has 0 aliphatic heterocycles. The van der Waals surface area contributed by atoms with E-state index in [0.29, 0.717) is 12.8 Å². The molecule has 0 aromatic carbocycles. The monoisotopic (exact) mass is 645 g/mol. The molecule has 0 amide bonds. The van der Waals surface area contributed by atoms with E-state index in [4.69, 9.17) is 19.7 Å². The van der Waals surface area contributed by atoms with Crippen molar-refractivity contribution in [3.8, 4) is 0 Å². The molecule has 0 saturated heterocycles. The predicted molar refractivity (Wildman–Crippen MR) is 195 cm³/mol. The van der Waals surface area contributed by atoms with Gasteiger partial charge in [-0.3, -0.25) is 9.59 Å². The Morgan fingerprint density at radius 1 is 0.435 bits per heavy atom. The van der Waals surface area contributed by atoms with Crippen LogP contribution in [0.1, 0.15) is 142 Å². The van der Waals surface area contributed by atoms with Crippen molar-refractivity contribution in [2.24, 2.45) is 0 Å². The van der Waals surface area contributed by atoms with Gasteiger partial charge >= 0.3 is 11.9 Å². The van der Waals surface area contributed by atoms with Crippen LogP contribution >= 0.6 is 0 Å². The SMILES string of the molecule is CC/C=C\C/C=C\C/C=C\CCCCCCCC(=O)OCCOC(=O)CCCCCCC/C=C\C/C=C\C/C=C\CC.OCCO. The summed E-state index contributed by atoms with van der Waals surface area (Å²) in [6.07, 6.45) is 47.0. The van der Waals surface area contributed by atoms with Gasteiger partial charge in [-0.2, -0.15) is 0 Å². The summed E-state index contributed by atoms with van der Waals surface area (Å²) >= 11 is 0. The van der Waals surface area contributed by atoms with E-state index in [2.05, 4.69) is 86.8 Å². The van der Waals surface area contributed by atoms with Crippen LogP contribution in [0.25, 0.3) is 0 Å². The number of allylic oxidation sites excluding steroid dienone is 12. The minimum absolute atomic E-state index is 0.125. The molecule has 6 heteroatoms. The number of carbonyl (C=O) groups is 2. The summed E-state index contributed by atoms with van der Waals surface area (Å²) in [7, 11) is 0. The number of carbonyl (C=O) groups excluding carboxylic acids is 2. The van der Waals surface area contributed by atoms with Gasteiger partial charge in [-0.15, -0.1) is 0 Å². The highest BCUT2D eigenvalue weighted by atomic mass is 16.6. The maximum atomic E-state index is 11.9. The Morgan fingerprint density at radius 2 is 0.739 bits per heavy atom. The molecule has 264 valence electrons. The maximum absolute atomic E-state index is 11.9. The Hall–Kier alpha value is -2.70. The zero-order chi connectivity index (χ0) is 34.0. The minimum atomic E-state index is -0.196. The van der Waals surface area contributed by atoms with E-state index < -0.39 is 0 Å². The molecule has 0 aliphatic carbocycles. The number of hydrogen-bond acceptors (Lipinski definition) is 6. The van der Waals surface area contributed by atoms with E-state index in [-0.39, 0.29) is 38.4 Å². The fourth-order valence-electron chi connectivity index (χ4n) is 4.23. The van der Waals surface area contributed by atoms with Crippen molar-refractivity contribution in [1.29, 1.82) is 0 Å². The highest BCUT2D eigenvalue weighted by Gasteiger charge is 2.05. The lowest BCUT2D eigenvalue weighted by Gasteiger charge is -2.07. The first kappa shape index (κ1) is 45.4. The third kappa shape index (κ3) is 43.4. The number of unbranched alkanes of at least 4 members (excludes halogenated alkanes) is 10. The quantitative estimate of drug-likeness (QED) is 0.0459.